The maximum atomic E-state index is 5.93. The molecule has 0 aromatic heterocycles. The molecule has 0 aliphatic heterocycles. The van der Waals surface area contributed by atoms with Crippen LogP contribution in [0.15, 0.2) is 29.3 Å². The van der Waals surface area contributed by atoms with Gasteiger partial charge in [0.25, 0.3) is 0 Å². The number of benzene rings is 1. The lowest BCUT2D eigenvalue weighted by Crippen LogP contribution is -1.84. The zero-order chi connectivity index (χ0) is 9.14. The predicted octanol–water partition coefficient (Wildman–Crippen LogP) is 4.44. The van der Waals surface area contributed by atoms with Crippen molar-refractivity contribution in [2.24, 2.45) is 0 Å². The molecule has 0 spiro atoms. The van der Waals surface area contributed by atoms with Crippen molar-refractivity contribution in [2.75, 3.05) is 0 Å². The fourth-order valence-electron chi connectivity index (χ4n) is 0.872. The minimum atomic E-state index is 0.656. The minimum absolute atomic E-state index is 0.656. The highest BCUT2D eigenvalue weighted by molar-refractivity contribution is 9.11. The van der Waals surface area contributed by atoms with Crippen LogP contribution in [0.3, 0.4) is 0 Å². The number of rotatable bonds is 2. The summed E-state index contributed by atoms with van der Waals surface area (Å²) in [7, 11) is 0. The summed E-state index contributed by atoms with van der Waals surface area (Å²) >= 11 is 14.9. The minimum Gasteiger partial charge on any atom is -0.0885 e. The van der Waals surface area contributed by atoms with Gasteiger partial charge in [0.2, 0.25) is 0 Å². The third-order valence-corrected chi connectivity index (χ3v) is 2.26. The zero-order valence-electron chi connectivity index (χ0n) is 6.28. The molecule has 0 saturated carbocycles. The molecule has 0 radical (unpaired) electrons. The van der Waals surface area contributed by atoms with E-state index in [0.29, 0.717) is 10.0 Å². The normalized spacial score (nSPS) is 9.92. The Kier molecular flexibility index (Phi) is 3.63. The van der Waals surface area contributed by atoms with Crippen molar-refractivity contribution in [1.29, 1.82) is 0 Å². The first-order valence-corrected chi connectivity index (χ1v) is 4.91. The average Bonchev–Trinajstić information content (AvgIpc) is 1.94. The molecule has 1 aromatic carbocycles. The maximum absolute atomic E-state index is 5.93. The average molecular weight is 266 g/mol. The molecule has 0 saturated heterocycles. The van der Waals surface area contributed by atoms with E-state index in [4.69, 9.17) is 23.2 Å². The Morgan fingerprint density at radius 3 is 2.58 bits per heavy atom. The molecule has 12 heavy (non-hydrogen) atoms. The molecule has 0 aliphatic carbocycles. The topological polar surface area (TPSA) is 0 Å². The zero-order valence-corrected chi connectivity index (χ0v) is 9.38. The molecule has 0 nitrogen and oxygen atoms in total. The van der Waals surface area contributed by atoms with Gasteiger partial charge in [-0.15, -0.1) is 0 Å². The summed E-state index contributed by atoms with van der Waals surface area (Å²) in [6, 6.07) is 5.45. The molecule has 0 N–H and O–H groups in total. The Labute approximate surface area is 90.3 Å². The maximum Gasteiger partial charge on any atom is 0.0456 e. The molecule has 0 atom stereocenters. The first-order chi connectivity index (χ1) is 5.59. The van der Waals surface area contributed by atoms with E-state index in [1.54, 1.807) is 6.07 Å². The fourth-order valence-corrected chi connectivity index (χ4v) is 1.65. The Morgan fingerprint density at radius 2 is 2.08 bits per heavy atom. The quantitative estimate of drug-likeness (QED) is 0.742. The molecular weight excluding hydrogens is 259 g/mol. The number of hydrogen-bond donors (Lipinski definition) is 0. The summed E-state index contributed by atoms with van der Waals surface area (Å²) in [6.45, 7) is 3.74. The first-order valence-electron chi connectivity index (χ1n) is 3.37. The lowest BCUT2D eigenvalue weighted by molar-refractivity contribution is 1.26. The van der Waals surface area contributed by atoms with Gasteiger partial charge in [-0.2, -0.15) is 0 Å². The van der Waals surface area contributed by atoms with Crippen molar-refractivity contribution in [3.8, 4) is 0 Å². The third kappa shape index (κ3) is 2.81. The van der Waals surface area contributed by atoms with E-state index in [2.05, 4.69) is 22.5 Å². The van der Waals surface area contributed by atoms with Crippen LogP contribution >= 0.6 is 39.1 Å². The summed E-state index contributed by atoms with van der Waals surface area (Å²) in [5.74, 6) is 0. The second-order valence-corrected chi connectivity index (χ2v) is 4.39. The van der Waals surface area contributed by atoms with Crippen LogP contribution in [0, 0.1) is 0 Å². The van der Waals surface area contributed by atoms with E-state index in [-0.39, 0.29) is 0 Å². The standard InChI is InChI=1S/C9H7BrCl2/c1-6(10)4-7-2-3-8(11)5-9(7)12/h2-3,5H,1,4H2. The van der Waals surface area contributed by atoms with Crippen molar-refractivity contribution < 1.29 is 0 Å². The summed E-state index contributed by atoms with van der Waals surface area (Å²) in [4.78, 5) is 0. The van der Waals surface area contributed by atoms with E-state index >= 15 is 0 Å². The fraction of sp³-hybridized carbons (Fsp3) is 0.111. The molecule has 0 unspecified atom stereocenters. The van der Waals surface area contributed by atoms with Crippen LogP contribution in [-0.4, -0.2) is 0 Å². The van der Waals surface area contributed by atoms with Gasteiger partial charge in [-0.1, -0.05) is 51.8 Å². The largest absolute Gasteiger partial charge is 0.0885 e. The molecule has 64 valence electrons. The highest BCUT2D eigenvalue weighted by atomic mass is 79.9. The Morgan fingerprint density at radius 1 is 1.42 bits per heavy atom. The van der Waals surface area contributed by atoms with Crippen LogP contribution in [0.25, 0.3) is 0 Å². The molecular formula is C9H7BrCl2. The molecule has 0 aliphatic rings. The van der Waals surface area contributed by atoms with Crippen LogP contribution in [0.1, 0.15) is 5.56 Å². The van der Waals surface area contributed by atoms with Gasteiger partial charge in [0.1, 0.15) is 0 Å². The van der Waals surface area contributed by atoms with E-state index < -0.39 is 0 Å². The summed E-state index contributed by atoms with van der Waals surface area (Å²) in [6.07, 6.45) is 0.732. The van der Waals surface area contributed by atoms with Crippen LogP contribution < -0.4 is 0 Å². The van der Waals surface area contributed by atoms with Crippen molar-refractivity contribution in [1.82, 2.24) is 0 Å². The predicted molar refractivity (Wildman–Crippen MR) is 58.2 cm³/mol. The van der Waals surface area contributed by atoms with Crippen molar-refractivity contribution in [3.05, 3.63) is 44.9 Å². The Hall–Kier alpha value is 0.0200. The molecule has 0 fully saturated rings. The Bertz CT molecular complexity index is 307. The number of halogens is 3. The van der Waals surface area contributed by atoms with Gasteiger partial charge in [0.15, 0.2) is 0 Å². The second-order valence-electron chi connectivity index (χ2n) is 2.43. The van der Waals surface area contributed by atoms with Crippen LogP contribution in [0.4, 0.5) is 0 Å². The molecule has 1 rings (SSSR count). The molecule has 0 amide bonds. The highest BCUT2D eigenvalue weighted by Crippen LogP contribution is 2.23. The highest BCUT2D eigenvalue weighted by Gasteiger charge is 2.01. The molecule has 1 aromatic rings. The Balaban J connectivity index is 2.93. The van der Waals surface area contributed by atoms with Gasteiger partial charge in [0, 0.05) is 16.5 Å². The van der Waals surface area contributed by atoms with Crippen molar-refractivity contribution in [3.63, 3.8) is 0 Å². The van der Waals surface area contributed by atoms with Gasteiger partial charge < -0.3 is 0 Å². The smallest absolute Gasteiger partial charge is 0.0456 e. The van der Waals surface area contributed by atoms with Crippen LogP contribution in [0.5, 0.6) is 0 Å². The van der Waals surface area contributed by atoms with E-state index in [9.17, 15) is 0 Å². The third-order valence-electron chi connectivity index (χ3n) is 1.40. The van der Waals surface area contributed by atoms with Gasteiger partial charge >= 0.3 is 0 Å². The lowest BCUT2D eigenvalue weighted by Gasteiger charge is -2.02. The van der Waals surface area contributed by atoms with Gasteiger partial charge in [-0.3, -0.25) is 0 Å². The van der Waals surface area contributed by atoms with E-state index in [1.807, 2.05) is 12.1 Å². The van der Waals surface area contributed by atoms with Crippen molar-refractivity contribution in [2.45, 2.75) is 6.42 Å². The molecule has 0 heterocycles. The SMILES string of the molecule is C=C(Br)Cc1ccc(Cl)cc1Cl. The van der Waals surface area contributed by atoms with Gasteiger partial charge in [0.05, 0.1) is 0 Å². The summed E-state index contributed by atoms with van der Waals surface area (Å²) in [5.41, 5.74) is 1.03. The van der Waals surface area contributed by atoms with Gasteiger partial charge in [-0.05, 0) is 22.2 Å². The summed E-state index contributed by atoms with van der Waals surface area (Å²) in [5, 5.41) is 1.34. The number of allylic oxidation sites excluding steroid dienone is 1. The van der Waals surface area contributed by atoms with Crippen LogP contribution in [0.2, 0.25) is 10.0 Å². The first kappa shape index (κ1) is 10.1. The number of hydrogen-bond acceptors (Lipinski definition) is 0. The summed E-state index contributed by atoms with van der Waals surface area (Å²) < 4.78 is 0.909. The van der Waals surface area contributed by atoms with Gasteiger partial charge in [-0.25, -0.2) is 0 Å². The second kappa shape index (κ2) is 4.31. The monoisotopic (exact) mass is 264 g/mol. The molecule has 0 bridgehead atoms. The molecule has 3 heteroatoms. The van der Waals surface area contributed by atoms with E-state index in [1.165, 1.54) is 0 Å². The van der Waals surface area contributed by atoms with Crippen LogP contribution in [-0.2, 0) is 6.42 Å². The van der Waals surface area contributed by atoms with E-state index in [0.717, 1.165) is 16.5 Å². The lowest BCUT2D eigenvalue weighted by atomic mass is 10.1. The van der Waals surface area contributed by atoms with Crippen molar-refractivity contribution >= 4 is 39.1 Å².